The maximum absolute atomic E-state index is 11.8. The van der Waals surface area contributed by atoms with E-state index < -0.39 is 0 Å². The Morgan fingerprint density at radius 3 is 2.71 bits per heavy atom. The Morgan fingerprint density at radius 2 is 2.12 bits per heavy atom. The Kier molecular flexibility index (Phi) is 4.40. The summed E-state index contributed by atoms with van der Waals surface area (Å²) in [6, 6.07) is 0. The van der Waals surface area contributed by atoms with Crippen LogP contribution in [0.25, 0.3) is 0 Å². The lowest BCUT2D eigenvalue weighted by atomic mass is 9.98. The van der Waals surface area contributed by atoms with E-state index in [0.717, 1.165) is 51.6 Å². The van der Waals surface area contributed by atoms with Gasteiger partial charge in [-0.25, -0.2) is 0 Å². The molecule has 1 saturated heterocycles. The van der Waals surface area contributed by atoms with E-state index in [1.165, 1.54) is 0 Å². The quantitative estimate of drug-likeness (QED) is 0.764. The van der Waals surface area contributed by atoms with Crippen LogP contribution in [0, 0.1) is 0 Å². The van der Waals surface area contributed by atoms with E-state index in [1.54, 1.807) is 0 Å². The Bertz CT molecular complexity index is 255. The van der Waals surface area contributed by atoms with Gasteiger partial charge < -0.3 is 15.2 Å². The molecule has 2 fully saturated rings. The van der Waals surface area contributed by atoms with Crippen molar-refractivity contribution in [2.75, 3.05) is 13.2 Å². The number of aliphatic hydroxyl groups is 1. The number of carbonyl (C=O) groups is 1. The second-order valence-electron chi connectivity index (χ2n) is 5.37. The molecule has 98 valence electrons. The van der Waals surface area contributed by atoms with Crippen LogP contribution in [-0.2, 0) is 9.53 Å². The normalized spacial score (nSPS) is 27.2. The van der Waals surface area contributed by atoms with Crippen molar-refractivity contribution >= 4 is 5.91 Å². The van der Waals surface area contributed by atoms with Crippen LogP contribution >= 0.6 is 0 Å². The molecule has 0 bridgehead atoms. The predicted molar refractivity (Wildman–Crippen MR) is 64.6 cm³/mol. The minimum absolute atomic E-state index is 0.0662. The molecule has 4 heteroatoms. The molecule has 0 aromatic carbocycles. The summed E-state index contributed by atoms with van der Waals surface area (Å²) in [4.78, 5) is 11.8. The number of aliphatic hydroxyl groups excluding tert-OH is 1. The first-order valence-electron chi connectivity index (χ1n) is 6.78. The van der Waals surface area contributed by atoms with Gasteiger partial charge in [0.25, 0.3) is 0 Å². The number of carbonyl (C=O) groups excluding carboxylic acids is 1. The molecule has 1 atom stereocenters. The Morgan fingerprint density at radius 1 is 1.35 bits per heavy atom. The molecule has 1 saturated carbocycles. The predicted octanol–water partition coefficient (Wildman–Crippen LogP) is 1.37. The molecule has 2 N–H and O–H groups in total. The largest absolute Gasteiger partial charge is 0.394 e. The van der Waals surface area contributed by atoms with Gasteiger partial charge in [0.15, 0.2) is 0 Å². The maximum Gasteiger partial charge on any atom is 0.220 e. The molecule has 17 heavy (non-hydrogen) atoms. The number of rotatable bonds is 5. The summed E-state index contributed by atoms with van der Waals surface area (Å²) in [6.45, 7) is 0.908. The van der Waals surface area contributed by atoms with Crippen molar-refractivity contribution in [2.45, 2.75) is 63.0 Å². The fourth-order valence-electron chi connectivity index (χ4n) is 2.90. The van der Waals surface area contributed by atoms with E-state index in [-0.39, 0.29) is 24.2 Å². The number of hydrogen-bond donors (Lipinski definition) is 2. The van der Waals surface area contributed by atoms with Crippen LogP contribution in [0.5, 0.6) is 0 Å². The first-order valence-corrected chi connectivity index (χ1v) is 6.78. The fraction of sp³-hybridized carbons (Fsp3) is 0.923. The third-order valence-electron chi connectivity index (χ3n) is 3.99. The summed E-state index contributed by atoms with van der Waals surface area (Å²) < 4.78 is 5.50. The first kappa shape index (κ1) is 12.8. The zero-order chi connectivity index (χ0) is 12.1. The Hall–Kier alpha value is -0.610. The van der Waals surface area contributed by atoms with Crippen molar-refractivity contribution in [3.05, 3.63) is 0 Å². The molecular formula is C13H23NO3. The molecular weight excluding hydrogens is 218 g/mol. The number of ether oxygens (including phenoxy) is 1. The van der Waals surface area contributed by atoms with Crippen LogP contribution in [0.1, 0.15) is 51.4 Å². The van der Waals surface area contributed by atoms with E-state index >= 15 is 0 Å². The minimum Gasteiger partial charge on any atom is -0.394 e. The SMILES string of the molecule is O=C(CCC1CCCO1)NC1(CO)CCCC1. The van der Waals surface area contributed by atoms with Crippen molar-refractivity contribution < 1.29 is 14.6 Å². The molecule has 0 aromatic rings. The highest BCUT2D eigenvalue weighted by atomic mass is 16.5. The van der Waals surface area contributed by atoms with Gasteiger partial charge in [0, 0.05) is 13.0 Å². The van der Waals surface area contributed by atoms with Gasteiger partial charge in [0.1, 0.15) is 0 Å². The van der Waals surface area contributed by atoms with Crippen LogP contribution in [0.15, 0.2) is 0 Å². The van der Waals surface area contributed by atoms with Crippen molar-refractivity contribution in [2.24, 2.45) is 0 Å². The highest BCUT2D eigenvalue weighted by Gasteiger charge is 2.34. The van der Waals surface area contributed by atoms with Crippen LogP contribution in [0.2, 0.25) is 0 Å². The third kappa shape index (κ3) is 3.42. The van der Waals surface area contributed by atoms with Crippen LogP contribution in [-0.4, -0.2) is 35.9 Å². The first-order chi connectivity index (χ1) is 8.24. The van der Waals surface area contributed by atoms with Crippen LogP contribution < -0.4 is 5.32 Å². The summed E-state index contributed by atoms with van der Waals surface area (Å²) in [5.74, 6) is 0.0662. The molecule has 4 nitrogen and oxygen atoms in total. The average Bonchev–Trinajstić information content (AvgIpc) is 2.98. The zero-order valence-corrected chi connectivity index (χ0v) is 10.4. The third-order valence-corrected chi connectivity index (χ3v) is 3.99. The van der Waals surface area contributed by atoms with Crippen molar-refractivity contribution in [3.63, 3.8) is 0 Å². The molecule has 2 rings (SSSR count). The van der Waals surface area contributed by atoms with Gasteiger partial charge >= 0.3 is 0 Å². The van der Waals surface area contributed by atoms with Gasteiger partial charge in [-0.05, 0) is 32.1 Å². The van der Waals surface area contributed by atoms with Crippen LogP contribution in [0.3, 0.4) is 0 Å². The van der Waals surface area contributed by atoms with Gasteiger partial charge in [0.05, 0.1) is 18.2 Å². The average molecular weight is 241 g/mol. The highest BCUT2D eigenvalue weighted by Crippen LogP contribution is 2.29. The molecule has 1 aliphatic carbocycles. The Labute approximate surface area is 103 Å². The Balaban J connectivity index is 1.72. The summed E-state index contributed by atoms with van der Waals surface area (Å²) >= 11 is 0. The summed E-state index contributed by atoms with van der Waals surface area (Å²) in [7, 11) is 0. The fourth-order valence-corrected chi connectivity index (χ4v) is 2.90. The lowest BCUT2D eigenvalue weighted by molar-refractivity contribution is -0.124. The molecule has 0 radical (unpaired) electrons. The van der Waals surface area contributed by atoms with E-state index in [1.807, 2.05) is 0 Å². The lowest BCUT2D eigenvalue weighted by Gasteiger charge is -2.28. The molecule has 0 aromatic heterocycles. The van der Waals surface area contributed by atoms with E-state index in [4.69, 9.17) is 4.74 Å². The maximum atomic E-state index is 11.8. The topological polar surface area (TPSA) is 58.6 Å². The van der Waals surface area contributed by atoms with Crippen molar-refractivity contribution in [1.82, 2.24) is 5.32 Å². The van der Waals surface area contributed by atoms with Gasteiger partial charge in [-0.2, -0.15) is 0 Å². The van der Waals surface area contributed by atoms with Gasteiger partial charge in [0.2, 0.25) is 5.91 Å². The van der Waals surface area contributed by atoms with E-state index in [0.29, 0.717) is 6.42 Å². The molecule has 1 unspecified atom stereocenters. The smallest absolute Gasteiger partial charge is 0.220 e. The zero-order valence-electron chi connectivity index (χ0n) is 10.4. The van der Waals surface area contributed by atoms with Gasteiger partial charge in [-0.3, -0.25) is 4.79 Å². The van der Waals surface area contributed by atoms with Gasteiger partial charge in [-0.1, -0.05) is 12.8 Å². The molecule has 2 aliphatic rings. The summed E-state index contributed by atoms with van der Waals surface area (Å²) in [5.41, 5.74) is -0.326. The van der Waals surface area contributed by atoms with Crippen molar-refractivity contribution in [1.29, 1.82) is 0 Å². The summed E-state index contributed by atoms with van der Waals surface area (Å²) in [5, 5.41) is 12.4. The molecule has 0 spiro atoms. The highest BCUT2D eigenvalue weighted by molar-refractivity contribution is 5.76. The number of amides is 1. The number of hydrogen-bond acceptors (Lipinski definition) is 3. The molecule has 1 aliphatic heterocycles. The molecule has 1 amide bonds. The summed E-state index contributed by atoms with van der Waals surface area (Å²) in [6.07, 6.45) is 7.84. The minimum atomic E-state index is -0.326. The second-order valence-corrected chi connectivity index (χ2v) is 5.37. The monoisotopic (exact) mass is 241 g/mol. The lowest BCUT2D eigenvalue weighted by Crippen LogP contribution is -2.49. The second kappa shape index (κ2) is 5.83. The van der Waals surface area contributed by atoms with E-state index in [9.17, 15) is 9.90 Å². The van der Waals surface area contributed by atoms with Gasteiger partial charge in [-0.15, -0.1) is 0 Å². The van der Waals surface area contributed by atoms with Crippen molar-refractivity contribution in [3.8, 4) is 0 Å². The molecule has 1 heterocycles. The van der Waals surface area contributed by atoms with Crippen LogP contribution in [0.4, 0.5) is 0 Å². The standard InChI is InChI=1S/C13H23NO3/c15-10-13(7-1-2-8-13)14-12(16)6-5-11-4-3-9-17-11/h11,15H,1-10H2,(H,14,16). The number of nitrogens with one attached hydrogen (secondary N) is 1. The van der Waals surface area contributed by atoms with E-state index in [2.05, 4.69) is 5.32 Å².